The molecule has 1 fully saturated rings. The highest BCUT2D eigenvalue weighted by Gasteiger charge is 2.51. The molecule has 0 spiro atoms. The molecule has 1 aromatic rings. The van der Waals surface area contributed by atoms with Gasteiger partial charge in [-0.05, 0) is 38.5 Å². The lowest BCUT2D eigenvalue weighted by Crippen LogP contribution is -2.52. The van der Waals surface area contributed by atoms with E-state index in [0.717, 1.165) is 5.06 Å². The van der Waals surface area contributed by atoms with Crippen LogP contribution in [-0.4, -0.2) is 40.3 Å². The zero-order valence-electron chi connectivity index (χ0n) is 15.4. The maximum absolute atomic E-state index is 13.0. The monoisotopic (exact) mass is 364 g/mol. The summed E-state index contributed by atoms with van der Waals surface area (Å²) in [6.45, 7) is 6.89. The molecule has 1 heterocycles. The lowest BCUT2D eigenvalue weighted by atomic mass is 9.88. The first kappa shape index (κ1) is 19.6. The molecule has 26 heavy (non-hydrogen) atoms. The van der Waals surface area contributed by atoms with E-state index in [0.29, 0.717) is 5.56 Å². The third kappa shape index (κ3) is 4.25. The number of hydroxylamine groups is 2. The molecule has 1 aromatic carbocycles. The minimum Gasteiger partial charge on any atom is -0.508 e. The van der Waals surface area contributed by atoms with Crippen LogP contribution in [0.15, 0.2) is 24.3 Å². The number of carbonyl (C=O) groups excluding carboxylic acids is 3. The van der Waals surface area contributed by atoms with Gasteiger partial charge in [-0.1, -0.05) is 19.1 Å². The van der Waals surface area contributed by atoms with E-state index in [4.69, 9.17) is 9.57 Å². The van der Waals surface area contributed by atoms with Crippen molar-refractivity contribution < 1.29 is 29.1 Å². The highest BCUT2D eigenvalue weighted by atomic mass is 16.7. The first-order valence-corrected chi connectivity index (χ1v) is 8.41. The number of hydrogen-bond acceptors (Lipinski definition) is 6. The molecule has 8 nitrogen and oxygen atoms in total. The van der Waals surface area contributed by atoms with Gasteiger partial charge in [0, 0.05) is 12.8 Å². The van der Waals surface area contributed by atoms with Crippen LogP contribution in [0.2, 0.25) is 0 Å². The quantitative estimate of drug-likeness (QED) is 0.849. The Morgan fingerprint density at radius 2 is 1.88 bits per heavy atom. The fraction of sp³-hybridized carbons (Fsp3) is 0.500. The summed E-state index contributed by atoms with van der Waals surface area (Å²) in [6.07, 6.45) is -0.454. The number of alkyl carbamates (subject to hydrolysis) is 1. The van der Waals surface area contributed by atoms with Gasteiger partial charge in [0.05, 0.1) is 6.54 Å². The predicted molar refractivity (Wildman–Crippen MR) is 91.9 cm³/mol. The molecule has 8 heteroatoms. The van der Waals surface area contributed by atoms with Crippen molar-refractivity contribution in [2.75, 3.05) is 6.54 Å². The fourth-order valence-corrected chi connectivity index (χ4v) is 2.64. The summed E-state index contributed by atoms with van der Waals surface area (Å²) >= 11 is 0. The molecule has 1 aliphatic rings. The zero-order chi connectivity index (χ0) is 19.5. The van der Waals surface area contributed by atoms with Gasteiger partial charge in [0.15, 0.2) is 5.54 Å². The number of nitrogens with one attached hydrogen (secondary N) is 1. The maximum atomic E-state index is 13.0. The van der Waals surface area contributed by atoms with Crippen LogP contribution in [0.3, 0.4) is 0 Å². The van der Waals surface area contributed by atoms with Crippen molar-refractivity contribution >= 4 is 18.0 Å². The maximum Gasteiger partial charge on any atom is 0.408 e. The zero-order valence-corrected chi connectivity index (χ0v) is 15.4. The van der Waals surface area contributed by atoms with Crippen molar-refractivity contribution in [3.05, 3.63) is 29.8 Å². The first-order valence-electron chi connectivity index (χ1n) is 8.41. The molecular weight excluding hydrogens is 340 g/mol. The summed E-state index contributed by atoms with van der Waals surface area (Å²) < 4.78 is 5.28. The van der Waals surface area contributed by atoms with E-state index < -0.39 is 29.1 Å². The molecule has 142 valence electrons. The van der Waals surface area contributed by atoms with Crippen molar-refractivity contribution in [1.82, 2.24) is 10.4 Å². The van der Waals surface area contributed by atoms with Gasteiger partial charge >= 0.3 is 12.1 Å². The van der Waals surface area contributed by atoms with Gasteiger partial charge in [-0.25, -0.2) is 9.59 Å². The number of rotatable bonds is 4. The summed E-state index contributed by atoms with van der Waals surface area (Å²) in [4.78, 5) is 41.9. The van der Waals surface area contributed by atoms with Crippen molar-refractivity contribution in [1.29, 1.82) is 0 Å². The SMILES string of the molecule is CCC(=O)ON1CCC(NC(=O)OC(C)(C)C)(c2ccc(O)cc2)C1=O. The van der Waals surface area contributed by atoms with Gasteiger partial charge in [-0.2, -0.15) is 5.06 Å². The first-order chi connectivity index (χ1) is 12.1. The van der Waals surface area contributed by atoms with Crippen molar-refractivity contribution in [2.24, 2.45) is 0 Å². The van der Waals surface area contributed by atoms with Crippen molar-refractivity contribution in [3.63, 3.8) is 0 Å². The molecule has 2 N–H and O–H groups in total. The highest BCUT2D eigenvalue weighted by molar-refractivity contribution is 5.93. The van der Waals surface area contributed by atoms with E-state index >= 15 is 0 Å². The Kier molecular flexibility index (Phi) is 5.44. The number of phenols is 1. The highest BCUT2D eigenvalue weighted by Crippen LogP contribution is 2.35. The molecule has 1 aliphatic heterocycles. The van der Waals surface area contributed by atoms with Crippen LogP contribution in [0.25, 0.3) is 0 Å². The molecule has 1 saturated heterocycles. The Morgan fingerprint density at radius 3 is 2.42 bits per heavy atom. The number of amides is 2. The molecule has 0 radical (unpaired) electrons. The second-order valence-electron chi connectivity index (χ2n) is 7.05. The van der Waals surface area contributed by atoms with Gasteiger partial charge in [-0.15, -0.1) is 0 Å². The number of aromatic hydroxyl groups is 1. The fourth-order valence-electron chi connectivity index (χ4n) is 2.64. The molecule has 2 rings (SSSR count). The topological polar surface area (TPSA) is 105 Å². The number of benzene rings is 1. The molecule has 0 bridgehead atoms. The lowest BCUT2D eigenvalue weighted by molar-refractivity contribution is -0.194. The van der Waals surface area contributed by atoms with Crippen LogP contribution in [-0.2, 0) is 24.7 Å². The molecule has 1 atom stereocenters. The number of nitrogens with zero attached hydrogens (tertiary/aromatic N) is 1. The number of carbonyl (C=O) groups is 3. The van der Waals surface area contributed by atoms with E-state index in [-0.39, 0.29) is 25.1 Å². The molecular formula is C18H24N2O6. The largest absolute Gasteiger partial charge is 0.508 e. The third-order valence-electron chi connectivity index (χ3n) is 3.86. The average Bonchev–Trinajstić information content (AvgIpc) is 2.84. The molecule has 1 unspecified atom stereocenters. The van der Waals surface area contributed by atoms with Gasteiger partial charge in [-0.3, -0.25) is 4.79 Å². The molecule has 2 amide bonds. The van der Waals surface area contributed by atoms with E-state index in [1.165, 1.54) is 24.3 Å². The van der Waals surface area contributed by atoms with E-state index in [1.807, 2.05) is 0 Å². The Morgan fingerprint density at radius 1 is 1.27 bits per heavy atom. The molecule has 0 aromatic heterocycles. The van der Waals surface area contributed by atoms with E-state index in [1.54, 1.807) is 27.7 Å². The summed E-state index contributed by atoms with van der Waals surface area (Å²) in [5, 5.41) is 13.1. The third-order valence-corrected chi connectivity index (χ3v) is 3.86. The minimum absolute atomic E-state index is 0.0286. The van der Waals surface area contributed by atoms with Crippen LogP contribution in [0.1, 0.15) is 46.1 Å². The van der Waals surface area contributed by atoms with Crippen LogP contribution in [0.4, 0.5) is 4.79 Å². The van der Waals surface area contributed by atoms with Crippen molar-refractivity contribution in [3.8, 4) is 5.75 Å². The average molecular weight is 364 g/mol. The summed E-state index contributed by atoms with van der Waals surface area (Å²) in [5.41, 5.74) is -1.72. The summed E-state index contributed by atoms with van der Waals surface area (Å²) in [7, 11) is 0. The van der Waals surface area contributed by atoms with Crippen LogP contribution >= 0.6 is 0 Å². The molecule has 0 aliphatic carbocycles. The number of hydrogen-bond donors (Lipinski definition) is 2. The van der Waals surface area contributed by atoms with Gasteiger partial charge in [0.1, 0.15) is 11.4 Å². The van der Waals surface area contributed by atoms with Gasteiger partial charge in [0.25, 0.3) is 5.91 Å². The number of ether oxygens (including phenoxy) is 1. The normalized spacial score (nSPS) is 20.0. The Bertz CT molecular complexity index is 695. The van der Waals surface area contributed by atoms with Gasteiger partial charge in [0.2, 0.25) is 0 Å². The Labute approximate surface area is 152 Å². The minimum atomic E-state index is -1.44. The van der Waals surface area contributed by atoms with Gasteiger partial charge < -0.3 is 20.0 Å². The lowest BCUT2D eigenvalue weighted by Gasteiger charge is -2.30. The summed E-state index contributed by atoms with van der Waals surface area (Å²) in [5.74, 6) is -1.09. The predicted octanol–water partition coefficient (Wildman–Crippen LogP) is 2.21. The van der Waals surface area contributed by atoms with E-state index in [9.17, 15) is 19.5 Å². The number of phenolic OH excluding ortho intramolecular Hbond substituents is 1. The van der Waals surface area contributed by atoms with Crippen LogP contribution in [0, 0.1) is 0 Å². The van der Waals surface area contributed by atoms with Crippen LogP contribution in [0.5, 0.6) is 5.75 Å². The second kappa shape index (κ2) is 7.23. The second-order valence-corrected chi connectivity index (χ2v) is 7.05. The summed E-state index contributed by atoms with van der Waals surface area (Å²) in [6, 6.07) is 5.91. The Balaban J connectivity index is 2.34. The molecule has 0 saturated carbocycles. The van der Waals surface area contributed by atoms with Crippen molar-refractivity contribution in [2.45, 2.75) is 51.7 Å². The van der Waals surface area contributed by atoms with Crippen LogP contribution < -0.4 is 5.32 Å². The Hall–Kier alpha value is -2.77. The smallest absolute Gasteiger partial charge is 0.408 e. The standard InChI is InChI=1S/C18H24N2O6/c1-5-14(22)26-20-11-10-18(15(20)23,12-6-8-13(21)9-7-12)19-16(24)25-17(2,3)4/h6-9,21H,5,10-11H2,1-4H3,(H,19,24). The van der Waals surface area contributed by atoms with E-state index in [2.05, 4.69) is 5.32 Å².